The molecule has 0 fully saturated rings. The topological polar surface area (TPSA) is 66.8 Å². The number of nitrogens with zero attached hydrogens (tertiary/aromatic N) is 1. The number of likely N-dealkylation sites (N-methyl/N-ethyl adjacent to an activating group) is 1. The molecule has 0 spiro atoms. The first kappa shape index (κ1) is 16.0. The zero-order chi connectivity index (χ0) is 15.2. The number of carbonyl (C=O) groups is 2. The molecule has 1 amide bonds. The molecule has 20 heavy (non-hydrogen) atoms. The Hall–Kier alpha value is -2.04. The van der Waals surface area contributed by atoms with Gasteiger partial charge in [0.05, 0.1) is 0 Å². The Morgan fingerprint density at radius 2 is 1.90 bits per heavy atom. The van der Waals surface area contributed by atoms with Crippen LogP contribution in [0.25, 0.3) is 0 Å². The van der Waals surface area contributed by atoms with Crippen molar-refractivity contribution in [2.24, 2.45) is 0 Å². The Kier molecular flexibility index (Phi) is 5.55. The number of carbonyl (C=O) groups excluding carboxylic acids is 1. The van der Waals surface area contributed by atoms with Crippen LogP contribution in [-0.4, -0.2) is 34.7 Å². The van der Waals surface area contributed by atoms with E-state index in [9.17, 15) is 14.7 Å². The molecule has 0 aliphatic heterocycles. The van der Waals surface area contributed by atoms with Crippen molar-refractivity contribution in [3.63, 3.8) is 0 Å². The number of amides is 1. The van der Waals surface area contributed by atoms with Gasteiger partial charge in [-0.25, -0.2) is 9.59 Å². The van der Waals surface area contributed by atoms with Gasteiger partial charge in [-0.15, -0.1) is 0 Å². The van der Waals surface area contributed by atoms with Crippen LogP contribution in [0, 0.1) is 0 Å². The lowest BCUT2D eigenvalue weighted by Crippen LogP contribution is -2.53. The number of aliphatic carboxylic acids is 1. The number of carboxylic acids is 1. The van der Waals surface area contributed by atoms with Crippen LogP contribution in [0.1, 0.15) is 32.3 Å². The normalized spacial score (nSPS) is 13.3. The zero-order valence-corrected chi connectivity index (χ0v) is 12.1. The summed E-state index contributed by atoms with van der Waals surface area (Å²) >= 11 is 0. The van der Waals surface area contributed by atoms with Gasteiger partial charge < -0.3 is 9.84 Å². The molecule has 5 nitrogen and oxygen atoms in total. The molecule has 0 aliphatic rings. The molecule has 0 aromatic heterocycles. The Morgan fingerprint density at radius 1 is 1.30 bits per heavy atom. The summed E-state index contributed by atoms with van der Waals surface area (Å²) in [5.74, 6) is -1.03. The van der Waals surface area contributed by atoms with Gasteiger partial charge in [-0.2, -0.15) is 0 Å². The molecule has 1 rings (SSSR count). The highest BCUT2D eigenvalue weighted by molar-refractivity contribution is 5.83. The van der Waals surface area contributed by atoms with Crippen molar-refractivity contribution in [3.05, 3.63) is 35.9 Å². The monoisotopic (exact) mass is 279 g/mol. The van der Waals surface area contributed by atoms with E-state index in [1.54, 1.807) is 0 Å². The lowest BCUT2D eigenvalue weighted by Gasteiger charge is -2.34. The molecule has 0 radical (unpaired) electrons. The fourth-order valence-electron chi connectivity index (χ4n) is 1.92. The van der Waals surface area contributed by atoms with Crippen LogP contribution in [0.5, 0.6) is 0 Å². The number of hydrogen-bond donors (Lipinski definition) is 1. The molecule has 1 atom stereocenters. The average molecular weight is 279 g/mol. The van der Waals surface area contributed by atoms with Crippen LogP contribution in [0.15, 0.2) is 30.3 Å². The summed E-state index contributed by atoms with van der Waals surface area (Å²) in [4.78, 5) is 24.5. The Morgan fingerprint density at radius 3 is 2.40 bits per heavy atom. The third kappa shape index (κ3) is 3.73. The maximum atomic E-state index is 12.0. The Balaban J connectivity index is 2.68. The largest absolute Gasteiger partial charge is 0.480 e. The minimum absolute atomic E-state index is 0.131. The predicted molar refractivity (Wildman–Crippen MR) is 75.3 cm³/mol. The first-order valence-corrected chi connectivity index (χ1v) is 6.59. The van der Waals surface area contributed by atoms with Crippen molar-refractivity contribution in [1.29, 1.82) is 0 Å². The van der Waals surface area contributed by atoms with Crippen molar-refractivity contribution in [2.75, 3.05) is 7.05 Å². The fourth-order valence-corrected chi connectivity index (χ4v) is 1.92. The first-order valence-electron chi connectivity index (χ1n) is 6.59. The van der Waals surface area contributed by atoms with Gasteiger partial charge in [0.2, 0.25) is 0 Å². The van der Waals surface area contributed by atoms with Crippen molar-refractivity contribution in [3.8, 4) is 0 Å². The van der Waals surface area contributed by atoms with Gasteiger partial charge in [-0.3, -0.25) is 4.90 Å². The minimum atomic E-state index is -1.25. The number of rotatable bonds is 6. The van der Waals surface area contributed by atoms with Crippen LogP contribution in [0.2, 0.25) is 0 Å². The molecule has 110 valence electrons. The summed E-state index contributed by atoms with van der Waals surface area (Å²) in [6.07, 6.45) is 0.408. The first-order chi connectivity index (χ1) is 9.41. The summed E-state index contributed by atoms with van der Waals surface area (Å²) in [7, 11) is 1.46. The summed E-state index contributed by atoms with van der Waals surface area (Å²) in [6, 6.07) is 9.27. The standard InChI is InChI=1S/C15H21NO4/c1-4-10-15(2,13(17)18)16(3)14(19)20-11-12-8-6-5-7-9-12/h5-9H,4,10-11H2,1-3H3,(H,17,18). The highest BCUT2D eigenvalue weighted by Gasteiger charge is 2.40. The third-order valence-electron chi connectivity index (χ3n) is 3.42. The summed E-state index contributed by atoms with van der Waals surface area (Å²) in [5.41, 5.74) is -0.385. The number of ether oxygens (including phenoxy) is 1. The van der Waals surface area contributed by atoms with E-state index in [2.05, 4.69) is 0 Å². The molecule has 0 aliphatic carbocycles. The lowest BCUT2D eigenvalue weighted by atomic mass is 9.95. The van der Waals surface area contributed by atoms with Crippen molar-refractivity contribution < 1.29 is 19.4 Å². The SMILES string of the molecule is CCCC(C)(C(=O)O)N(C)C(=O)OCc1ccccc1. The maximum absolute atomic E-state index is 12.0. The van der Waals surface area contributed by atoms with E-state index in [0.717, 1.165) is 10.5 Å². The fraction of sp³-hybridized carbons (Fsp3) is 0.467. The quantitative estimate of drug-likeness (QED) is 0.869. The van der Waals surface area contributed by atoms with E-state index in [1.165, 1.54) is 14.0 Å². The van der Waals surface area contributed by atoms with E-state index in [0.29, 0.717) is 12.8 Å². The van der Waals surface area contributed by atoms with Crippen molar-refractivity contribution >= 4 is 12.1 Å². The predicted octanol–water partition coefficient (Wildman–Crippen LogP) is 2.90. The third-order valence-corrected chi connectivity index (χ3v) is 3.42. The lowest BCUT2D eigenvalue weighted by molar-refractivity contribution is -0.149. The van der Waals surface area contributed by atoms with E-state index >= 15 is 0 Å². The molecule has 0 heterocycles. The molecular weight excluding hydrogens is 258 g/mol. The average Bonchev–Trinajstić information content (AvgIpc) is 2.45. The van der Waals surface area contributed by atoms with E-state index in [4.69, 9.17) is 4.74 Å². The number of benzene rings is 1. The van der Waals surface area contributed by atoms with Gasteiger partial charge in [0, 0.05) is 7.05 Å². The van der Waals surface area contributed by atoms with Crippen molar-refractivity contribution in [1.82, 2.24) is 4.90 Å². The van der Waals surface area contributed by atoms with Crippen LogP contribution in [0.3, 0.4) is 0 Å². The van der Waals surface area contributed by atoms with Crippen molar-refractivity contribution in [2.45, 2.75) is 38.8 Å². The minimum Gasteiger partial charge on any atom is -0.480 e. The molecule has 1 aromatic carbocycles. The van der Waals surface area contributed by atoms with Crippen LogP contribution < -0.4 is 0 Å². The second kappa shape index (κ2) is 6.93. The maximum Gasteiger partial charge on any atom is 0.410 e. The summed E-state index contributed by atoms with van der Waals surface area (Å²) in [6.45, 7) is 3.54. The second-order valence-corrected chi connectivity index (χ2v) is 4.93. The van der Waals surface area contributed by atoms with E-state index < -0.39 is 17.6 Å². The van der Waals surface area contributed by atoms with Crippen LogP contribution >= 0.6 is 0 Å². The second-order valence-electron chi connectivity index (χ2n) is 4.93. The van der Waals surface area contributed by atoms with Gasteiger partial charge in [-0.1, -0.05) is 43.7 Å². The van der Waals surface area contributed by atoms with Gasteiger partial charge in [0.15, 0.2) is 0 Å². The highest BCUT2D eigenvalue weighted by Crippen LogP contribution is 2.21. The molecule has 1 aromatic rings. The van der Waals surface area contributed by atoms with E-state index in [-0.39, 0.29) is 6.61 Å². The summed E-state index contributed by atoms with van der Waals surface area (Å²) in [5, 5.41) is 9.32. The Bertz CT molecular complexity index is 460. The number of hydrogen-bond acceptors (Lipinski definition) is 3. The summed E-state index contributed by atoms with van der Waals surface area (Å²) < 4.78 is 5.16. The molecule has 1 N–H and O–H groups in total. The highest BCUT2D eigenvalue weighted by atomic mass is 16.6. The zero-order valence-electron chi connectivity index (χ0n) is 12.1. The number of carboxylic acid groups (broad SMARTS) is 1. The molecule has 1 unspecified atom stereocenters. The van der Waals surface area contributed by atoms with E-state index in [1.807, 2.05) is 37.3 Å². The van der Waals surface area contributed by atoms with Gasteiger partial charge >= 0.3 is 12.1 Å². The molecule has 0 bridgehead atoms. The smallest absolute Gasteiger partial charge is 0.410 e. The Labute approximate surface area is 119 Å². The van der Waals surface area contributed by atoms with Crippen LogP contribution in [-0.2, 0) is 16.1 Å². The van der Waals surface area contributed by atoms with Gasteiger partial charge in [0.1, 0.15) is 12.1 Å². The van der Waals surface area contributed by atoms with Gasteiger partial charge in [0.25, 0.3) is 0 Å². The van der Waals surface area contributed by atoms with Gasteiger partial charge in [-0.05, 0) is 18.9 Å². The van der Waals surface area contributed by atoms with Crippen LogP contribution in [0.4, 0.5) is 4.79 Å². The molecule has 5 heteroatoms. The molecule has 0 saturated carbocycles. The molecular formula is C15H21NO4. The molecule has 0 saturated heterocycles.